The van der Waals surface area contributed by atoms with Crippen molar-refractivity contribution in [2.24, 2.45) is 0 Å². The number of para-hydroxylation sites is 1. The van der Waals surface area contributed by atoms with Crippen molar-refractivity contribution in [2.75, 3.05) is 13.2 Å². The highest BCUT2D eigenvalue weighted by Crippen LogP contribution is 2.29. The van der Waals surface area contributed by atoms with E-state index in [9.17, 15) is 4.79 Å². The second-order valence-corrected chi connectivity index (χ2v) is 7.57. The number of amides is 1. The molecular weight excluding hydrogens is 366 g/mol. The van der Waals surface area contributed by atoms with E-state index >= 15 is 0 Å². The fourth-order valence-corrected chi connectivity index (χ4v) is 3.59. The fraction of sp³-hybridized carbons (Fsp3) is 0.200. The Balaban J connectivity index is 1.61. The predicted molar refractivity (Wildman–Crippen MR) is 110 cm³/mol. The lowest BCUT2D eigenvalue weighted by atomic mass is 10.1. The predicted octanol–water partition coefficient (Wildman–Crippen LogP) is 4.25. The molecule has 26 heavy (non-hydrogen) atoms. The van der Waals surface area contributed by atoms with Crippen molar-refractivity contribution < 1.29 is 14.3 Å². The van der Waals surface area contributed by atoms with Crippen LogP contribution in [0.2, 0.25) is 0 Å². The molecule has 4 nitrogen and oxygen atoms in total. The van der Waals surface area contributed by atoms with Gasteiger partial charge in [-0.15, -0.1) is 0 Å². The average molecular weight is 386 g/mol. The molecule has 3 rings (SSSR count). The molecule has 0 aromatic heterocycles. The molecule has 1 heterocycles. The molecule has 1 saturated heterocycles. The first-order valence-corrected chi connectivity index (χ1v) is 9.42. The zero-order chi connectivity index (χ0) is 18.5. The Kier molecular flexibility index (Phi) is 5.96. The second kappa shape index (κ2) is 8.38. The molecule has 0 saturated carbocycles. The smallest absolute Gasteiger partial charge is 0.263 e. The first-order chi connectivity index (χ1) is 12.5. The van der Waals surface area contributed by atoms with E-state index in [0.717, 1.165) is 16.9 Å². The maximum atomic E-state index is 11.8. The first-order valence-electron chi connectivity index (χ1n) is 8.19. The topological polar surface area (TPSA) is 47.6 Å². The minimum absolute atomic E-state index is 0.173. The van der Waals surface area contributed by atoms with E-state index in [1.165, 1.54) is 17.3 Å². The van der Waals surface area contributed by atoms with Gasteiger partial charge in [0.2, 0.25) is 0 Å². The number of nitrogens with one attached hydrogen (secondary N) is 1. The standard InChI is InChI=1S/C20H19NO3S2/c1-13-7-8-16(14(2)11-13)23-9-10-24-17-6-4-3-5-15(17)12-18-19(22)21-20(25)26-18/h3-8,11-12H,9-10H2,1-2H3,(H,21,22,25). The summed E-state index contributed by atoms with van der Waals surface area (Å²) in [5.74, 6) is 1.39. The highest BCUT2D eigenvalue weighted by Gasteiger charge is 2.22. The molecule has 0 radical (unpaired) electrons. The Labute approximate surface area is 162 Å². The largest absolute Gasteiger partial charge is 0.490 e. The van der Waals surface area contributed by atoms with Crippen molar-refractivity contribution in [3.63, 3.8) is 0 Å². The van der Waals surface area contributed by atoms with Crippen LogP contribution in [0.1, 0.15) is 16.7 Å². The molecule has 2 aromatic rings. The quantitative estimate of drug-likeness (QED) is 0.458. The Morgan fingerprint density at radius 1 is 1.08 bits per heavy atom. The lowest BCUT2D eigenvalue weighted by Gasteiger charge is -2.12. The number of thioether (sulfide) groups is 1. The van der Waals surface area contributed by atoms with Crippen LogP contribution in [0, 0.1) is 13.8 Å². The number of carbonyl (C=O) groups excluding carboxylic acids is 1. The molecule has 1 fully saturated rings. The summed E-state index contributed by atoms with van der Waals surface area (Å²) in [6.45, 7) is 4.93. The first kappa shape index (κ1) is 18.5. The zero-order valence-corrected chi connectivity index (χ0v) is 16.2. The maximum Gasteiger partial charge on any atom is 0.263 e. The van der Waals surface area contributed by atoms with Crippen LogP contribution in [-0.2, 0) is 4.79 Å². The minimum Gasteiger partial charge on any atom is -0.490 e. The zero-order valence-electron chi connectivity index (χ0n) is 14.6. The van der Waals surface area contributed by atoms with E-state index in [1.54, 1.807) is 6.08 Å². The van der Waals surface area contributed by atoms with Gasteiger partial charge in [-0.1, -0.05) is 59.9 Å². The second-order valence-electron chi connectivity index (χ2n) is 5.86. The molecule has 1 aliphatic rings. The van der Waals surface area contributed by atoms with E-state index < -0.39 is 0 Å². The van der Waals surface area contributed by atoms with Crippen molar-refractivity contribution in [3.05, 3.63) is 64.1 Å². The third kappa shape index (κ3) is 4.65. The highest BCUT2D eigenvalue weighted by atomic mass is 32.2. The van der Waals surface area contributed by atoms with Crippen molar-refractivity contribution in [3.8, 4) is 11.5 Å². The highest BCUT2D eigenvalue weighted by molar-refractivity contribution is 8.26. The Morgan fingerprint density at radius 3 is 2.50 bits per heavy atom. The van der Waals surface area contributed by atoms with Crippen LogP contribution in [0.15, 0.2) is 47.4 Å². The molecule has 0 unspecified atom stereocenters. The van der Waals surface area contributed by atoms with Crippen molar-refractivity contribution >= 4 is 40.3 Å². The van der Waals surface area contributed by atoms with Gasteiger partial charge in [0.05, 0.1) is 4.91 Å². The van der Waals surface area contributed by atoms with E-state index in [1.807, 2.05) is 43.3 Å². The van der Waals surface area contributed by atoms with Gasteiger partial charge in [-0.25, -0.2) is 0 Å². The van der Waals surface area contributed by atoms with Gasteiger partial charge in [0.1, 0.15) is 29.0 Å². The van der Waals surface area contributed by atoms with E-state index in [-0.39, 0.29) is 5.91 Å². The summed E-state index contributed by atoms with van der Waals surface area (Å²) in [6.07, 6.45) is 1.79. The van der Waals surface area contributed by atoms with Crippen LogP contribution >= 0.6 is 24.0 Å². The summed E-state index contributed by atoms with van der Waals surface area (Å²) in [5, 5.41) is 2.61. The van der Waals surface area contributed by atoms with Gasteiger partial charge in [-0.2, -0.15) is 0 Å². The fourth-order valence-electron chi connectivity index (χ4n) is 2.56. The van der Waals surface area contributed by atoms with Crippen LogP contribution in [0.25, 0.3) is 6.08 Å². The number of carbonyl (C=O) groups is 1. The molecule has 2 aromatic carbocycles. The molecule has 6 heteroatoms. The van der Waals surface area contributed by atoms with Crippen molar-refractivity contribution in [1.82, 2.24) is 5.32 Å². The summed E-state index contributed by atoms with van der Waals surface area (Å²) in [4.78, 5) is 12.4. The third-order valence-corrected chi connectivity index (χ3v) is 4.94. The number of thiocarbonyl (C=S) groups is 1. The summed E-state index contributed by atoms with van der Waals surface area (Å²) in [5.41, 5.74) is 3.15. The normalized spacial score (nSPS) is 15.2. The summed E-state index contributed by atoms with van der Waals surface area (Å²) in [6, 6.07) is 13.7. The maximum absolute atomic E-state index is 11.8. The van der Waals surface area contributed by atoms with Crippen LogP contribution in [0.5, 0.6) is 11.5 Å². The van der Waals surface area contributed by atoms with Crippen LogP contribution in [-0.4, -0.2) is 23.4 Å². The lowest BCUT2D eigenvalue weighted by molar-refractivity contribution is -0.115. The molecule has 0 bridgehead atoms. The van der Waals surface area contributed by atoms with E-state index in [2.05, 4.69) is 18.3 Å². The average Bonchev–Trinajstić information content (AvgIpc) is 2.92. The molecular formula is C20H19NO3S2. The van der Waals surface area contributed by atoms with Gasteiger partial charge < -0.3 is 14.8 Å². The molecule has 0 spiro atoms. The molecule has 1 aliphatic heterocycles. The van der Waals surface area contributed by atoms with Gasteiger partial charge in [0.25, 0.3) is 5.91 Å². The molecule has 0 aliphatic carbocycles. The van der Waals surface area contributed by atoms with E-state index in [0.29, 0.717) is 28.2 Å². The third-order valence-electron chi connectivity index (χ3n) is 3.78. The summed E-state index contributed by atoms with van der Waals surface area (Å²) in [7, 11) is 0. The minimum atomic E-state index is -0.173. The van der Waals surface area contributed by atoms with Gasteiger partial charge in [0, 0.05) is 5.56 Å². The van der Waals surface area contributed by atoms with Crippen LogP contribution < -0.4 is 14.8 Å². The molecule has 1 amide bonds. The Bertz CT molecular complexity index is 877. The monoisotopic (exact) mass is 385 g/mol. The Hall–Kier alpha value is -2.31. The van der Waals surface area contributed by atoms with Gasteiger partial charge in [-0.3, -0.25) is 4.79 Å². The number of hydrogen-bond acceptors (Lipinski definition) is 5. The van der Waals surface area contributed by atoms with Crippen molar-refractivity contribution in [2.45, 2.75) is 13.8 Å². The number of ether oxygens (including phenoxy) is 2. The summed E-state index contributed by atoms with van der Waals surface area (Å²) < 4.78 is 12.1. The van der Waals surface area contributed by atoms with E-state index in [4.69, 9.17) is 21.7 Å². The van der Waals surface area contributed by atoms with Gasteiger partial charge in [0.15, 0.2) is 0 Å². The number of aryl methyl sites for hydroxylation is 2. The van der Waals surface area contributed by atoms with Crippen molar-refractivity contribution in [1.29, 1.82) is 0 Å². The number of hydrogen-bond donors (Lipinski definition) is 1. The van der Waals surface area contributed by atoms with Crippen LogP contribution in [0.4, 0.5) is 0 Å². The SMILES string of the molecule is Cc1ccc(OCCOc2ccccc2C=C2SC(=S)NC2=O)c(C)c1. The molecule has 134 valence electrons. The number of benzene rings is 2. The van der Waals surface area contributed by atoms with Gasteiger partial charge >= 0.3 is 0 Å². The lowest BCUT2D eigenvalue weighted by Crippen LogP contribution is -2.17. The van der Waals surface area contributed by atoms with Gasteiger partial charge in [-0.05, 0) is 37.6 Å². The summed E-state index contributed by atoms with van der Waals surface area (Å²) >= 11 is 6.27. The molecule has 1 N–H and O–H groups in total. The Morgan fingerprint density at radius 2 is 1.81 bits per heavy atom. The van der Waals surface area contributed by atoms with Crippen LogP contribution in [0.3, 0.4) is 0 Å². The number of rotatable bonds is 6. The molecule has 0 atom stereocenters.